The summed E-state index contributed by atoms with van der Waals surface area (Å²) in [6.07, 6.45) is 1.01. The van der Waals surface area contributed by atoms with Gasteiger partial charge < -0.3 is 20.9 Å². The number of aliphatic hydroxyl groups is 1. The van der Waals surface area contributed by atoms with E-state index in [4.69, 9.17) is 10.5 Å². The van der Waals surface area contributed by atoms with Crippen LogP contribution in [0.2, 0.25) is 0 Å². The van der Waals surface area contributed by atoms with E-state index in [2.05, 4.69) is 15.2 Å². The molecule has 1 aliphatic heterocycles. The molecule has 2 heterocycles. The van der Waals surface area contributed by atoms with Crippen LogP contribution in [0.4, 0.5) is 0 Å². The number of nitrogens with zero attached hydrogens (tertiary/aromatic N) is 2. The summed E-state index contributed by atoms with van der Waals surface area (Å²) in [5, 5.41) is 15.4. The Bertz CT molecular complexity index is 456. The Morgan fingerprint density at radius 2 is 2.32 bits per heavy atom. The third kappa shape index (κ3) is 5.57. The Morgan fingerprint density at radius 1 is 1.55 bits per heavy atom. The van der Waals surface area contributed by atoms with Crippen LogP contribution in [0, 0.1) is 0 Å². The number of morpholine rings is 1. The molecule has 1 aliphatic rings. The zero-order valence-corrected chi connectivity index (χ0v) is 13.9. The maximum atomic E-state index is 10.4. The minimum Gasteiger partial charge on any atom is -0.383 e. The minimum absolute atomic E-state index is 0.260. The van der Waals surface area contributed by atoms with Gasteiger partial charge in [-0.15, -0.1) is 11.3 Å². The zero-order valence-electron chi connectivity index (χ0n) is 13.1. The lowest BCUT2D eigenvalue weighted by Crippen LogP contribution is -2.39. The third-order valence-electron chi connectivity index (χ3n) is 3.67. The van der Waals surface area contributed by atoms with E-state index in [9.17, 15) is 5.11 Å². The molecular weight excluding hydrogens is 300 g/mol. The van der Waals surface area contributed by atoms with Crippen LogP contribution in [-0.2, 0) is 10.3 Å². The number of nitrogens with one attached hydrogen (secondary N) is 1. The van der Waals surface area contributed by atoms with Gasteiger partial charge in [-0.25, -0.2) is 0 Å². The van der Waals surface area contributed by atoms with Gasteiger partial charge in [0.1, 0.15) is 5.60 Å². The van der Waals surface area contributed by atoms with Crippen molar-refractivity contribution in [2.45, 2.75) is 18.9 Å². The van der Waals surface area contributed by atoms with Crippen LogP contribution in [0.3, 0.4) is 0 Å². The summed E-state index contributed by atoms with van der Waals surface area (Å²) in [6.45, 7) is 7.51. The molecule has 4 N–H and O–H groups in total. The first-order chi connectivity index (χ1) is 10.6. The summed E-state index contributed by atoms with van der Waals surface area (Å²) in [5.74, 6) is 0.388. The lowest BCUT2D eigenvalue weighted by molar-refractivity contribution is 0.0376. The van der Waals surface area contributed by atoms with E-state index in [-0.39, 0.29) is 6.54 Å². The van der Waals surface area contributed by atoms with Crippen LogP contribution in [0.1, 0.15) is 18.2 Å². The molecule has 0 spiro atoms. The van der Waals surface area contributed by atoms with Crippen molar-refractivity contribution in [3.05, 3.63) is 22.4 Å². The van der Waals surface area contributed by atoms with E-state index in [0.717, 1.165) is 50.7 Å². The molecule has 0 saturated carbocycles. The smallest absolute Gasteiger partial charge is 0.188 e. The molecule has 7 heteroatoms. The standard InChI is InChI=1S/C15H26N4O2S/c1-15(20,13-4-2-11-22-13)12-18-14(16)17-5-3-6-19-7-9-21-10-8-19/h2,4,11,20H,3,5-10,12H2,1H3,(H3,16,17,18). The molecule has 124 valence electrons. The van der Waals surface area contributed by atoms with E-state index < -0.39 is 5.60 Å². The molecule has 0 aliphatic carbocycles. The number of thiophene rings is 1. The van der Waals surface area contributed by atoms with Crippen LogP contribution in [0.15, 0.2) is 22.5 Å². The minimum atomic E-state index is -0.964. The SMILES string of the molecule is CC(O)(CN=C(N)NCCCN1CCOCC1)c1cccs1. The lowest BCUT2D eigenvalue weighted by atomic mass is 10.1. The number of ether oxygens (including phenoxy) is 1. The third-order valence-corrected chi connectivity index (χ3v) is 4.79. The molecule has 22 heavy (non-hydrogen) atoms. The first-order valence-corrected chi connectivity index (χ1v) is 8.56. The number of rotatable bonds is 7. The highest BCUT2D eigenvalue weighted by molar-refractivity contribution is 7.10. The number of hydrogen-bond acceptors (Lipinski definition) is 5. The number of nitrogens with two attached hydrogens (primary N) is 1. The van der Waals surface area contributed by atoms with Gasteiger partial charge in [0, 0.05) is 24.5 Å². The maximum Gasteiger partial charge on any atom is 0.188 e. The summed E-state index contributed by atoms with van der Waals surface area (Å²) < 4.78 is 5.32. The number of aliphatic imine (C=N–C) groups is 1. The Balaban J connectivity index is 1.65. The second kappa shape index (κ2) is 8.47. The summed E-state index contributed by atoms with van der Waals surface area (Å²) in [6, 6.07) is 3.83. The summed E-state index contributed by atoms with van der Waals surface area (Å²) in [5.41, 5.74) is 4.89. The van der Waals surface area contributed by atoms with Crippen LogP contribution in [0.5, 0.6) is 0 Å². The Kier molecular flexibility index (Phi) is 6.63. The molecule has 1 saturated heterocycles. The largest absolute Gasteiger partial charge is 0.383 e. The van der Waals surface area contributed by atoms with Gasteiger partial charge in [0.2, 0.25) is 0 Å². The highest BCUT2D eigenvalue weighted by Crippen LogP contribution is 2.25. The van der Waals surface area contributed by atoms with Crippen LogP contribution < -0.4 is 11.1 Å². The van der Waals surface area contributed by atoms with Crippen LogP contribution >= 0.6 is 11.3 Å². The predicted octanol–water partition coefficient (Wildman–Crippen LogP) is 0.582. The van der Waals surface area contributed by atoms with Crippen molar-refractivity contribution in [1.29, 1.82) is 0 Å². The topological polar surface area (TPSA) is 83.1 Å². The fourth-order valence-electron chi connectivity index (χ4n) is 2.30. The molecule has 2 rings (SSSR count). The Labute approximate surface area is 136 Å². The quantitative estimate of drug-likeness (QED) is 0.388. The fraction of sp³-hybridized carbons (Fsp3) is 0.667. The van der Waals surface area contributed by atoms with Crippen molar-refractivity contribution < 1.29 is 9.84 Å². The van der Waals surface area contributed by atoms with Crippen molar-refractivity contribution in [2.24, 2.45) is 10.7 Å². The average Bonchev–Trinajstić information content (AvgIpc) is 3.06. The highest BCUT2D eigenvalue weighted by Gasteiger charge is 2.23. The van der Waals surface area contributed by atoms with E-state index >= 15 is 0 Å². The van der Waals surface area contributed by atoms with Gasteiger partial charge in [0.25, 0.3) is 0 Å². The van der Waals surface area contributed by atoms with Crippen molar-refractivity contribution in [1.82, 2.24) is 10.2 Å². The van der Waals surface area contributed by atoms with E-state index in [1.54, 1.807) is 6.92 Å². The van der Waals surface area contributed by atoms with Crippen LogP contribution in [0.25, 0.3) is 0 Å². The molecule has 0 bridgehead atoms. The number of hydrogen-bond donors (Lipinski definition) is 3. The van der Waals surface area contributed by atoms with Crippen molar-refractivity contribution >= 4 is 17.3 Å². The first-order valence-electron chi connectivity index (χ1n) is 7.68. The first kappa shape index (κ1) is 17.2. The van der Waals surface area contributed by atoms with Gasteiger partial charge in [-0.05, 0) is 31.3 Å². The van der Waals surface area contributed by atoms with Gasteiger partial charge in [0.05, 0.1) is 19.8 Å². The van der Waals surface area contributed by atoms with E-state index in [0.29, 0.717) is 5.96 Å². The van der Waals surface area contributed by atoms with Crippen LogP contribution in [-0.4, -0.2) is 61.9 Å². The van der Waals surface area contributed by atoms with Gasteiger partial charge >= 0.3 is 0 Å². The summed E-state index contributed by atoms with van der Waals surface area (Å²) in [4.78, 5) is 7.53. The number of guanidine groups is 1. The Hall–Kier alpha value is -1.15. The molecular formula is C15H26N4O2S. The molecule has 0 aromatic carbocycles. The second-order valence-corrected chi connectivity index (χ2v) is 6.63. The Morgan fingerprint density at radius 3 is 3.00 bits per heavy atom. The van der Waals surface area contributed by atoms with Gasteiger partial charge in [-0.2, -0.15) is 0 Å². The van der Waals surface area contributed by atoms with Crippen molar-refractivity contribution in [3.8, 4) is 0 Å². The molecule has 1 fully saturated rings. The second-order valence-electron chi connectivity index (χ2n) is 5.69. The van der Waals surface area contributed by atoms with Crippen molar-refractivity contribution in [3.63, 3.8) is 0 Å². The predicted molar refractivity (Wildman–Crippen MR) is 90.3 cm³/mol. The lowest BCUT2D eigenvalue weighted by Gasteiger charge is -2.26. The molecule has 0 amide bonds. The molecule has 0 radical (unpaired) electrons. The molecule has 6 nitrogen and oxygen atoms in total. The van der Waals surface area contributed by atoms with Gasteiger partial charge in [-0.3, -0.25) is 9.89 Å². The van der Waals surface area contributed by atoms with Crippen molar-refractivity contribution in [2.75, 3.05) is 45.9 Å². The van der Waals surface area contributed by atoms with Gasteiger partial charge in [0.15, 0.2) is 5.96 Å². The highest BCUT2D eigenvalue weighted by atomic mass is 32.1. The molecule has 1 atom stereocenters. The summed E-state index contributed by atoms with van der Waals surface area (Å²) in [7, 11) is 0. The van der Waals surface area contributed by atoms with E-state index in [1.807, 2.05) is 17.5 Å². The monoisotopic (exact) mass is 326 g/mol. The summed E-state index contributed by atoms with van der Waals surface area (Å²) >= 11 is 1.52. The average molecular weight is 326 g/mol. The van der Waals surface area contributed by atoms with E-state index in [1.165, 1.54) is 11.3 Å². The zero-order chi connectivity index (χ0) is 15.8. The fourth-order valence-corrected chi connectivity index (χ4v) is 3.08. The molecule has 1 aromatic heterocycles. The molecule has 1 unspecified atom stereocenters. The maximum absolute atomic E-state index is 10.4. The van der Waals surface area contributed by atoms with Gasteiger partial charge in [-0.1, -0.05) is 6.07 Å². The normalized spacial score (nSPS) is 19.8. The molecule has 1 aromatic rings.